The van der Waals surface area contributed by atoms with Gasteiger partial charge in [-0.3, -0.25) is 0 Å². The molecule has 2 N–H and O–H groups in total. The van der Waals surface area contributed by atoms with Gasteiger partial charge in [-0.2, -0.15) is 0 Å². The summed E-state index contributed by atoms with van der Waals surface area (Å²) in [7, 11) is 1.71. The minimum atomic E-state index is 0.777. The predicted octanol–water partition coefficient (Wildman–Crippen LogP) is 0.239. The number of nitrogens with one attached hydrogen (secondary N) is 2. The Morgan fingerprint density at radius 1 is 0.857 bits per heavy atom. The molecule has 86 valence electrons. The van der Waals surface area contributed by atoms with Crippen molar-refractivity contribution >= 4 is 0 Å². The number of hydrogen-bond donors (Lipinski definition) is 2. The molecule has 0 aromatic heterocycles. The first-order valence-corrected chi connectivity index (χ1v) is 5.40. The van der Waals surface area contributed by atoms with Gasteiger partial charge in [-0.15, -0.1) is 0 Å². The van der Waals surface area contributed by atoms with Gasteiger partial charge in [0.15, 0.2) is 0 Å². The van der Waals surface area contributed by atoms with Gasteiger partial charge in [0.05, 0.1) is 13.2 Å². The Morgan fingerprint density at radius 3 is 2.07 bits per heavy atom. The van der Waals surface area contributed by atoms with Gasteiger partial charge in [-0.05, 0) is 6.42 Å². The van der Waals surface area contributed by atoms with Crippen molar-refractivity contribution in [2.75, 3.05) is 53.1 Å². The molecular formula is C10H24N2O2. The maximum absolute atomic E-state index is 5.32. The first-order chi connectivity index (χ1) is 6.91. The molecule has 0 amide bonds. The van der Waals surface area contributed by atoms with Crippen LogP contribution in [0.2, 0.25) is 0 Å². The molecule has 0 heterocycles. The highest BCUT2D eigenvalue weighted by atomic mass is 16.5. The number of ether oxygens (including phenoxy) is 2. The standard InChI is InChI=1S/C10H24N2O2/c1-3-8-14-10-7-12-5-4-11-6-9-13-2/h11-12H,3-10H2,1-2H3. The van der Waals surface area contributed by atoms with Crippen LogP contribution in [0.25, 0.3) is 0 Å². The second-order valence-corrected chi connectivity index (χ2v) is 3.11. The first kappa shape index (κ1) is 13.8. The Balaban J connectivity index is 2.78. The van der Waals surface area contributed by atoms with Crippen LogP contribution in [0.1, 0.15) is 13.3 Å². The van der Waals surface area contributed by atoms with Gasteiger partial charge >= 0.3 is 0 Å². The maximum Gasteiger partial charge on any atom is 0.0590 e. The van der Waals surface area contributed by atoms with Gasteiger partial charge in [0.1, 0.15) is 0 Å². The second-order valence-electron chi connectivity index (χ2n) is 3.11. The summed E-state index contributed by atoms with van der Waals surface area (Å²) in [5.41, 5.74) is 0. The van der Waals surface area contributed by atoms with Crippen LogP contribution in [0.4, 0.5) is 0 Å². The van der Waals surface area contributed by atoms with E-state index >= 15 is 0 Å². The second kappa shape index (κ2) is 12.8. The third-order valence-electron chi connectivity index (χ3n) is 1.73. The van der Waals surface area contributed by atoms with Crippen LogP contribution in [-0.2, 0) is 9.47 Å². The lowest BCUT2D eigenvalue weighted by Gasteiger charge is -2.06. The van der Waals surface area contributed by atoms with E-state index in [9.17, 15) is 0 Å². The summed E-state index contributed by atoms with van der Waals surface area (Å²) in [6.45, 7) is 8.40. The number of methoxy groups -OCH3 is 1. The van der Waals surface area contributed by atoms with E-state index in [2.05, 4.69) is 17.6 Å². The SMILES string of the molecule is CCCOCCNCCNCCOC. The van der Waals surface area contributed by atoms with E-state index in [1.807, 2.05) is 0 Å². The molecule has 0 aliphatic rings. The van der Waals surface area contributed by atoms with Crippen molar-refractivity contribution in [2.24, 2.45) is 0 Å². The zero-order valence-electron chi connectivity index (χ0n) is 9.47. The molecule has 4 heteroatoms. The van der Waals surface area contributed by atoms with Gasteiger partial charge in [-0.1, -0.05) is 6.92 Å². The average molecular weight is 204 g/mol. The summed E-state index contributed by atoms with van der Waals surface area (Å²) in [5.74, 6) is 0. The molecular weight excluding hydrogens is 180 g/mol. The van der Waals surface area contributed by atoms with E-state index in [1.165, 1.54) is 0 Å². The molecule has 0 aromatic rings. The molecule has 0 aromatic carbocycles. The molecule has 0 radical (unpaired) electrons. The summed E-state index contributed by atoms with van der Waals surface area (Å²) in [5, 5.41) is 6.55. The van der Waals surface area contributed by atoms with Crippen LogP contribution in [-0.4, -0.2) is 53.1 Å². The van der Waals surface area contributed by atoms with Gasteiger partial charge in [0.2, 0.25) is 0 Å². The lowest BCUT2D eigenvalue weighted by molar-refractivity contribution is 0.136. The van der Waals surface area contributed by atoms with Crippen LogP contribution in [0.3, 0.4) is 0 Å². The monoisotopic (exact) mass is 204 g/mol. The van der Waals surface area contributed by atoms with Crippen molar-refractivity contribution < 1.29 is 9.47 Å². The summed E-state index contributed by atoms with van der Waals surface area (Å²) in [4.78, 5) is 0. The fraction of sp³-hybridized carbons (Fsp3) is 1.00. The fourth-order valence-corrected chi connectivity index (χ4v) is 0.992. The molecule has 0 unspecified atom stereocenters. The van der Waals surface area contributed by atoms with Crippen molar-refractivity contribution in [1.29, 1.82) is 0 Å². The van der Waals surface area contributed by atoms with Crippen molar-refractivity contribution in [1.82, 2.24) is 10.6 Å². The van der Waals surface area contributed by atoms with E-state index in [4.69, 9.17) is 9.47 Å². The molecule has 0 saturated heterocycles. The topological polar surface area (TPSA) is 42.5 Å². The van der Waals surface area contributed by atoms with E-state index < -0.39 is 0 Å². The molecule has 0 rings (SSSR count). The molecule has 0 aliphatic heterocycles. The minimum absolute atomic E-state index is 0.777. The van der Waals surface area contributed by atoms with Crippen LogP contribution < -0.4 is 10.6 Å². The van der Waals surface area contributed by atoms with E-state index in [1.54, 1.807) is 7.11 Å². The Morgan fingerprint density at radius 2 is 1.50 bits per heavy atom. The van der Waals surface area contributed by atoms with Crippen LogP contribution >= 0.6 is 0 Å². The maximum atomic E-state index is 5.32. The third kappa shape index (κ3) is 11.8. The zero-order chi connectivity index (χ0) is 10.5. The molecule has 0 saturated carbocycles. The molecule has 4 nitrogen and oxygen atoms in total. The molecule has 0 aliphatic carbocycles. The lowest BCUT2D eigenvalue weighted by atomic mass is 10.5. The average Bonchev–Trinajstić information content (AvgIpc) is 2.21. The number of rotatable bonds is 11. The van der Waals surface area contributed by atoms with E-state index in [0.717, 1.165) is 52.4 Å². The Hall–Kier alpha value is -0.160. The van der Waals surface area contributed by atoms with E-state index in [-0.39, 0.29) is 0 Å². The third-order valence-corrected chi connectivity index (χ3v) is 1.73. The first-order valence-electron chi connectivity index (χ1n) is 5.40. The normalized spacial score (nSPS) is 10.7. The van der Waals surface area contributed by atoms with Crippen LogP contribution in [0, 0.1) is 0 Å². The van der Waals surface area contributed by atoms with Gasteiger partial charge in [0.25, 0.3) is 0 Å². The van der Waals surface area contributed by atoms with Gasteiger partial charge < -0.3 is 20.1 Å². The highest BCUT2D eigenvalue weighted by Gasteiger charge is 1.88. The van der Waals surface area contributed by atoms with Crippen molar-refractivity contribution in [2.45, 2.75) is 13.3 Å². The minimum Gasteiger partial charge on any atom is -0.383 e. The quantitative estimate of drug-likeness (QED) is 0.473. The Kier molecular flexibility index (Phi) is 12.7. The van der Waals surface area contributed by atoms with Crippen molar-refractivity contribution in [3.8, 4) is 0 Å². The highest BCUT2D eigenvalue weighted by Crippen LogP contribution is 1.77. The molecule has 0 atom stereocenters. The largest absolute Gasteiger partial charge is 0.383 e. The molecule has 0 spiro atoms. The van der Waals surface area contributed by atoms with Gasteiger partial charge in [-0.25, -0.2) is 0 Å². The van der Waals surface area contributed by atoms with Crippen LogP contribution in [0.15, 0.2) is 0 Å². The number of hydrogen-bond acceptors (Lipinski definition) is 4. The molecule has 0 bridgehead atoms. The Bertz CT molecular complexity index is 90.1. The Labute approximate surface area is 87.4 Å². The van der Waals surface area contributed by atoms with Crippen LogP contribution in [0.5, 0.6) is 0 Å². The highest BCUT2D eigenvalue weighted by molar-refractivity contribution is 4.51. The summed E-state index contributed by atoms with van der Waals surface area (Å²) >= 11 is 0. The van der Waals surface area contributed by atoms with Crippen molar-refractivity contribution in [3.63, 3.8) is 0 Å². The van der Waals surface area contributed by atoms with Gasteiger partial charge in [0, 0.05) is 39.9 Å². The summed E-state index contributed by atoms with van der Waals surface area (Å²) < 4.78 is 10.2. The lowest BCUT2D eigenvalue weighted by Crippen LogP contribution is -2.31. The fourth-order valence-electron chi connectivity index (χ4n) is 0.992. The van der Waals surface area contributed by atoms with E-state index in [0.29, 0.717) is 0 Å². The molecule has 0 fully saturated rings. The summed E-state index contributed by atoms with van der Waals surface area (Å²) in [6.07, 6.45) is 1.10. The smallest absolute Gasteiger partial charge is 0.0590 e. The zero-order valence-corrected chi connectivity index (χ0v) is 9.47. The molecule has 14 heavy (non-hydrogen) atoms. The summed E-state index contributed by atoms with van der Waals surface area (Å²) in [6, 6.07) is 0. The predicted molar refractivity (Wildman–Crippen MR) is 58.7 cm³/mol. The van der Waals surface area contributed by atoms with Crippen molar-refractivity contribution in [3.05, 3.63) is 0 Å².